The van der Waals surface area contributed by atoms with E-state index >= 15 is 0 Å². The third-order valence-electron chi connectivity index (χ3n) is 3.98. The maximum absolute atomic E-state index is 13.1. The van der Waals surface area contributed by atoms with Gasteiger partial charge in [-0.25, -0.2) is 14.4 Å². The first kappa shape index (κ1) is 13.9. The lowest BCUT2D eigenvalue weighted by molar-refractivity contribution is 0.109. The third kappa shape index (κ3) is 2.49. The van der Waals surface area contributed by atoms with E-state index < -0.39 is 5.41 Å². The number of rotatable bonds is 2. The predicted octanol–water partition coefficient (Wildman–Crippen LogP) is 2.60. The Kier molecular flexibility index (Phi) is 3.37. The second kappa shape index (κ2) is 5.07. The van der Waals surface area contributed by atoms with Gasteiger partial charge in [-0.15, -0.1) is 0 Å². The van der Waals surface area contributed by atoms with Crippen molar-refractivity contribution in [3.8, 4) is 0 Å². The van der Waals surface area contributed by atoms with Crippen molar-refractivity contribution in [1.29, 1.82) is 0 Å². The molecule has 0 radical (unpaired) electrons. The molecule has 1 aliphatic heterocycles. The maximum Gasteiger partial charge on any atom is 0.140 e. The highest BCUT2D eigenvalue weighted by atomic mass is 19.1. The molecule has 110 valence electrons. The summed E-state index contributed by atoms with van der Waals surface area (Å²) in [4.78, 5) is 9.13. The van der Waals surface area contributed by atoms with E-state index in [0.29, 0.717) is 24.9 Å². The summed E-state index contributed by atoms with van der Waals surface area (Å²) in [6.07, 6.45) is 0.745. The normalized spacial score (nSPS) is 14.8. The molecular formula is C16H18FN3O. The molecule has 0 saturated carbocycles. The summed E-state index contributed by atoms with van der Waals surface area (Å²) in [5, 5.41) is 0. The first-order chi connectivity index (χ1) is 9.98. The fourth-order valence-electron chi connectivity index (χ4n) is 2.53. The Bertz CT molecular complexity index is 668. The van der Waals surface area contributed by atoms with E-state index in [1.54, 1.807) is 12.1 Å². The summed E-state index contributed by atoms with van der Waals surface area (Å²) in [6, 6.07) is 6.42. The molecule has 21 heavy (non-hydrogen) atoms. The lowest BCUT2D eigenvalue weighted by Gasteiger charge is -2.26. The summed E-state index contributed by atoms with van der Waals surface area (Å²) in [5.41, 5.74) is 8.41. The number of anilines is 1. The van der Waals surface area contributed by atoms with Crippen molar-refractivity contribution in [3.63, 3.8) is 0 Å². The number of nitrogens with two attached hydrogens (primary N) is 1. The number of halogens is 1. The Balaban J connectivity index is 2.06. The zero-order valence-corrected chi connectivity index (χ0v) is 12.2. The number of fused-ring (bicyclic) bond motifs is 1. The van der Waals surface area contributed by atoms with Gasteiger partial charge in [-0.2, -0.15) is 0 Å². The van der Waals surface area contributed by atoms with Gasteiger partial charge in [-0.1, -0.05) is 12.1 Å². The van der Waals surface area contributed by atoms with Crippen LogP contribution in [0.5, 0.6) is 0 Å². The van der Waals surface area contributed by atoms with Crippen LogP contribution in [0.3, 0.4) is 0 Å². The zero-order chi connectivity index (χ0) is 15.0. The van der Waals surface area contributed by atoms with E-state index in [1.807, 2.05) is 13.8 Å². The molecule has 0 aliphatic carbocycles. The Morgan fingerprint density at radius 1 is 1.19 bits per heavy atom. The molecular weight excluding hydrogens is 269 g/mol. The highest BCUT2D eigenvalue weighted by Crippen LogP contribution is 2.31. The Labute approximate surface area is 123 Å². The average molecular weight is 287 g/mol. The highest BCUT2D eigenvalue weighted by molar-refractivity contribution is 5.45. The minimum absolute atomic E-state index is 0.252. The number of hydrogen-bond donors (Lipinski definition) is 1. The molecule has 2 N–H and O–H groups in total. The van der Waals surface area contributed by atoms with Crippen LogP contribution in [0.25, 0.3) is 0 Å². The molecule has 0 bridgehead atoms. The smallest absolute Gasteiger partial charge is 0.140 e. The molecule has 0 spiro atoms. The van der Waals surface area contributed by atoms with Gasteiger partial charge in [-0.3, -0.25) is 0 Å². The topological polar surface area (TPSA) is 61.0 Å². The fourth-order valence-corrected chi connectivity index (χ4v) is 2.53. The number of benzene rings is 1. The second-order valence-corrected chi connectivity index (χ2v) is 5.79. The second-order valence-electron chi connectivity index (χ2n) is 5.79. The molecule has 5 heteroatoms. The van der Waals surface area contributed by atoms with Crippen molar-refractivity contribution >= 4 is 5.82 Å². The van der Waals surface area contributed by atoms with Crippen LogP contribution in [0.4, 0.5) is 10.2 Å². The Hall–Kier alpha value is -2.01. The lowest BCUT2D eigenvalue weighted by Crippen LogP contribution is -2.26. The van der Waals surface area contributed by atoms with E-state index in [0.717, 1.165) is 23.2 Å². The van der Waals surface area contributed by atoms with E-state index in [9.17, 15) is 4.39 Å². The van der Waals surface area contributed by atoms with Crippen LogP contribution in [0.15, 0.2) is 24.3 Å². The lowest BCUT2D eigenvalue weighted by atomic mass is 9.83. The minimum atomic E-state index is -0.435. The van der Waals surface area contributed by atoms with Gasteiger partial charge in [0.1, 0.15) is 17.5 Å². The van der Waals surface area contributed by atoms with Gasteiger partial charge in [0.15, 0.2) is 0 Å². The first-order valence-corrected chi connectivity index (χ1v) is 6.98. The minimum Gasteiger partial charge on any atom is -0.383 e. The van der Waals surface area contributed by atoms with E-state index in [-0.39, 0.29) is 5.82 Å². The molecule has 0 amide bonds. The SMILES string of the molecule is CC(C)(c1ccc(F)cc1)c1nc(N)c2c(n1)CCOC2. The number of nitrogens with zero attached hydrogens (tertiary/aromatic N) is 2. The van der Waals surface area contributed by atoms with Gasteiger partial charge in [0.2, 0.25) is 0 Å². The molecule has 2 aromatic rings. The van der Waals surface area contributed by atoms with Crippen molar-refractivity contribution in [1.82, 2.24) is 9.97 Å². The van der Waals surface area contributed by atoms with Gasteiger partial charge >= 0.3 is 0 Å². The number of hydrogen-bond acceptors (Lipinski definition) is 4. The third-order valence-corrected chi connectivity index (χ3v) is 3.98. The van der Waals surface area contributed by atoms with Crippen molar-refractivity contribution in [2.24, 2.45) is 0 Å². The number of aromatic nitrogens is 2. The number of ether oxygens (including phenoxy) is 1. The van der Waals surface area contributed by atoms with Gasteiger partial charge in [-0.05, 0) is 31.5 Å². The quantitative estimate of drug-likeness (QED) is 0.922. The van der Waals surface area contributed by atoms with Gasteiger partial charge in [0.05, 0.1) is 18.9 Å². The maximum atomic E-state index is 13.1. The summed E-state index contributed by atoms with van der Waals surface area (Å²) in [5.74, 6) is 0.884. The Morgan fingerprint density at radius 2 is 1.90 bits per heavy atom. The molecule has 0 unspecified atom stereocenters. The number of nitrogen functional groups attached to an aromatic ring is 1. The predicted molar refractivity (Wildman–Crippen MR) is 78.3 cm³/mol. The fraction of sp³-hybridized carbons (Fsp3) is 0.375. The molecule has 1 aromatic carbocycles. The largest absolute Gasteiger partial charge is 0.383 e. The average Bonchev–Trinajstić information content (AvgIpc) is 2.47. The van der Waals surface area contributed by atoms with Crippen LogP contribution in [0.1, 0.15) is 36.5 Å². The summed E-state index contributed by atoms with van der Waals surface area (Å²) < 4.78 is 18.5. The van der Waals surface area contributed by atoms with Gasteiger partial charge in [0.25, 0.3) is 0 Å². The van der Waals surface area contributed by atoms with Crippen molar-refractivity contribution in [2.75, 3.05) is 12.3 Å². The molecule has 0 saturated heterocycles. The van der Waals surface area contributed by atoms with Crippen LogP contribution < -0.4 is 5.73 Å². The molecule has 1 aromatic heterocycles. The van der Waals surface area contributed by atoms with E-state index in [1.165, 1.54) is 12.1 Å². The first-order valence-electron chi connectivity index (χ1n) is 6.98. The van der Waals surface area contributed by atoms with Crippen LogP contribution in [0.2, 0.25) is 0 Å². The van der Waals surface area contributed by atoms with Crippen LogP contribution in [-0.2, 0) is 23.2 Å². The van der Waals surface area contributed by atoms with Gasteiger partial charge in [0, 0.05) is 17.4 Å². The van der Waals surface area contributed by atoms with E-state index in [2.05, 4.69) is 9.97 Å². The molecule has 0 atom stereocenters. The van der Waals surface area contributed by atoms with Crippen molar-refractivity contribution in [2.45, 2.75) is 32.3 Å². The van der Waals surface area contributed by atoms with Crippen LogP contribution >= 0.6 is 0 Å². The summed E-state index contributed by atoms with van der Waals surface area (Å²) in [6.45, 7) is 5.15. The monoisotopic (exact) mass is 287 g/mol. The molecule has 3 rings (SSSR count). The van der Waals surface area contributed by atoms with Crippen LogP contribution in [-0.4, -0.2) is 16.6 Å². The molecule has 0 fully saturated rings. The zero-order valence-electron chi connectivity index (χ0n) is 12.2. The summed E-state index contributed by atoms with van der Waals surface area (Å²) in [7, 11) is 0. The van der Waals surface area contributed by atoms with Crippen molar-refractivity contribution < 1.29 is 9.13 Å². The van der Waals surface area contributed by atoms with Gasteiger partial charge < -0.3 is 10.5 Å². The molecule has 2 heterocycles. The van der Waals surface area contributed by atoms with E-state index in [4.69, 9.17) is 10.5 Å². The molecule has 1 aliphatic rings. The van der Waals surface area contributed by atoms with Crippen molar-refractivity contribution in [3.05, 3.63) is 52.7 Å². The van der Waals surface area contributed by atoms with Crippen LogP contribution in [0, 0.1) is 5.82 Å². The highest BCUT2D eigenvalue weighted by Gasteiger charge is 2.29. The standard InChI is InChI=1S/C16H18FN3O/c1-16(2,10-3-5-11(17)6-4-10)15-19-13-7-8-21-9-12(13)14(18)20-15/h3-6H,7-9H2,1-2H3,(H2,18,19,20). The Morgan fingerprint density at radius 3 is 2.62 bits per heavy atom. The molecule has 4 nitrogen and oxygen atoms in total. The summed E-state index contributed by atoms with van der Waals surface area (Å²) >= 11 is 0.